The summed E-state index contributed by atoms with van der Waals surface area (Å²) in [5.41, 5.74) is 38.5. The quantitative estimate of drug-likeness (QED) is 0.0165. The SMILES string of the molecule is CC(C)[C@H](NC(=O)[C@@H](NC(=O)[C@@H](N)CC(=O)O)C(C)C)C(=O)N[C@@H](CCC(=O)O)C(=O)N[C@@H](CCCN=C(N)N)C(=O)N[C@@H](CO)C(=O)N[C@@H](CCCN=C(N)N)C(=O)N[C@@H](Cc1cnc[nH]1)C(=O)N[C@@H](CCCN=C(N)N)C(=O)O. The zero-order valence-corrected chi connectivity index (χ0v) is 45.5. The van der Waals surface area contributed by atoms with E-state index in [1.165, 1.54) is 26.4 Å². The number of aliphatic hydroxyl groups is 1. The van der Waals surface area contributed by atoms with Crippen molar-refractivity contribution in [2.75, 3.05) is 26.2 Å². The zero-order chi connectivity index (χ0) is 61.5. The fraction of sp³-hybridized carbons (Fsp3) is 0.630. The topological polar surface area (TPSA) is 613 Å². The molecule has 9 atom stereocenters. The summed E-state index contributed by atoms with van der Waals surface area (Å²) in [5, 5.41) is 58.3. The molecule has 81 heavy (non-hydrogen) atoms. The van der Waals surface area contributed by atoms with Gasteiger partial charge in [0.25, 0.3) is 0 Å². The van der Waals surface area contributed by atoms with Crippen molar-refractivity contribution in [3.63, 3.8) is 0 Å². The highest BCUT2D eigenvalue weighted by Crippen LogP contribution is 2.11. The van der Waals surface area contributed by atoms with E-state index in [4.69, 9.17) is 45.2 Å². The summed E-state index contributed by atoms with van der Waals surface area (Å²) in [6.45, 7) is 4.91. The van der Waals surface area contributed by atoms with Crippen molar-refractivity contribution in [3.05, 3.63) is 18.2 Å². The van der Waals surface area contributed by atoms with Gasteiger partial charge in [-0.05, 0) is 56.8 Å². The van der Waals surface area contributed by atoms with Crippen molar-refractivity contribution in [1.29, 1.82) is 0 Å². The van der Waals surface area contributed by atoms with Gasteiger partial charge in [-0.3, -0.25) is 62.9 Å². The first-order valence-corrected chi connectivity index (χ1v) is 25.6. The number of hydrogen-bond acceptors (Lipinski definition) is 17. The molecular formula is C46H80N20O15. The number of carboxylic acids is 3. The molecule has 27 N–H and O–H groups in total. The number of aliphatic imine (C=N–C) groups is 3. The number of aromatic nitrogens is 2. The van der Waals surface area contributed by atoms with Gasteiger partial charge in [0, 0.05) is 44.4 Å². The van der Waals surface area contributed by atoms with Crippen LogP contribution in [0, 0.1) is 11.8 Å². The summed E-state index contributed by atoms with van der Waals surface area (Å²) in [7, 11) is 0. The fourth-order valence-electron chi connectivity index (χ4n) is 7.34. The lowest BCUT2D eigenvalue weighted by Gasteiger charge is -2.29. The number of guanidine groups is 3. The molecule has 35 heteroatoms. The molecule has 1 aromatic heterocycles. The lowest BCUT2D eigenvalue weighted by Crippen LogP contribution is -2.61. The van der Waals surface area contributed by atoms with Crippen LogP contribution in [0.3, 0.4) is 0 Å². The minimum atomic E-state index is -1.87. The molecule has 35 nitrogen and oxygen atoms in total. The van der Waals surface area contributed by atoms with Gasteiger partial charge in [0.05, 0.1) is 25.4 Å². The molecule has 0 saturated carbocycles. The largest absolute Gasteiger partial charge is 0.481 e. The van der Waals surface area contributed by atoms with Crippen molar-refractivity contribution < 1.29 is 73.2 Å². The normalized spacial score (nSPS) is 14.3. The molecule has 0 fully saturated rings. The summed E-state index contributed by atoms with van der Waals surface area (Å²) < 4.78 is 0. The standard InChI is InChI=1S/C46H80N20O15/c1-21(2)33(66-42(79)34(22(3)4)65-35(72)24(47)17-32(70)71)41(78)61-27(11-12-31(68)69)38(75)59-26(9-6-14-56-45(50)51)37(74)64-30(19-67)40(77)60-25(8-5-13-55-44(48)49)36(73)63-29(16-23-18-54-20-58-23)39(76)62-28(43(80)81)10-7-15-57-46(52)53/h18,20-22,24-30,33-34,67H,5-17,19,47H2,1-4H3,(H,54,58)(H,59,75)(H,60,77)(H,61,78)(H,62,76)(H,63,73)(H,64,74)(H,65,72)(H,66,79)(H,68,69)(H,70,71)(H,80,81)(H4,48,49,55)(H4,50,51,56)(H4,52,53,57)/t24-,25-,26-,27-,28-,29-,30-,33-,34-/m0/s1. The van der Waals surface area contributed by atoms with Gasteiger partial charge in [0.15, 0.2) is 17.9 Å². The van der Waals surface area contributed by atoms with Gasteiger partial charge >= 0.3 is 17.9 Å². The Morgan fingerprint density at radius 3 is 1.27 bits per heavy atom. The maximum atomic E-state index is 14.1. The van der Waals surface area contributed by atoms with Crippen LogP contribution >= 0.6 is 0 Å². The molecule has 0 bridgehead atoms. The van der Waals surface area contributed by atoms with Crippen LogP contribution in [0.2, 0.25) is 0 Å². The third-order valence-electron chi connectivity index (χ3n) is 11.6. The molecule has 0 aliphatic carbocycles. The molecule has 1 heterocycles. The zero-order valence-electron chi connectivity index (χ0n) is 45.5. The van der Waals surface area contributed by atoms with Crippen molar-refractivity contribution in [2.24, 2.45) is 66.9 Å². The summed E-state index contributed by atoms with van der Waals surface area (Å²) in [6, 6.07) is -14.0. The molecule has 0 aliphatic rings. The van der Waals surface area contributed by atoms with E-state index in [-0.39, 0.29) is 82.5 Å². The van der Waals surface area contributed by atoms with Crippen LogP contribution < -0.4 is 82.7 Å². The first kappa shape index (κ1) is 70.1. The Bertz CT molecular complexity index is 2370. The van der Waals surface area contributed by atoms with Crippen LogP contribution in [0.25, 0.3) is 0 Å². The van der Waals surface area contributed by atoms with Crippen molar-refractivity contribution in [1.82, 2.24) is 52.5 Å². The second-order valence-electron chi connectivity index (χ2n) is 19.1. The third-order valence-corrected chi connectivity index (χ3v) is 11.6. The summed E-state index contributed by atoms with van der Waals surface area (Å²) in [4.78, 5) is 163. The summed E-state index contributed by atoms with van der Waals surface area (Å²) >= 11 is 0. The number of aromatic amines is 1. The highest BCUT2D eigenvalue weighted by molar-refractivity contribution is 5.98. The highest BCUT2D eigenvalue weighted by atomic mass is 16.4. The van der Waals surface area contributed by atoms with Crippen LogP contribution in [0.1, 0.15) is 91.2 Å². The van der Waals surface area contributed by atoms with Crippen LogP contribution in [-0.2, 0) is 59.2 Å². The lowest BCUT2D eigenvalue weighted by atomic mass is 9.98. The Morgan fingerprint density at radius 2 is 0.877 bits per heavy atom. The fourth-order valence-corrected chi connectivity index (χ4v) is 7.34. The minimum Gasteiger partial charge on any atom is -0.481 e. The van der Waals surface area contributed by atoms with Gasteiger partial charge < -0.3 is 108 Å². The van der Waals surface area contributed by atoms with Gasteiger partial charge in [-0.25, -0.2) is 9.78 Å². The number of carbonyl (C=O) groups excluding carboxylic acids is 8. The van der Waals surface area contributed by atoms with Crippen LogP contribution in [0.5, 0.6) is 0 Å². The molecule has 1 rings (SSSR count). The maximum absolute atomic E-state index is 14.1. The smallest absolute Gasteiger partial charge is 0.326 e. The Balaban J connectivity index is 3.57. The van der Waals surface area contributed by atoms with Gasteiger partial charge in [-0.1, -0.05) is 27.7 Å². The van der Waals surface area contributed by atoms with Gasteiger partial charge in [0.1, 0.15) is 48.3 Å². The molecular weight excluding hydrogens is 1070 g/mol. The first-order valence-electron chi connectivity index (χ1n) is 25.6. The second-order valence-corrected chi connectivity index (χ2v) is 19.1. The number of carbonyl (C=O) groups is 11. The predicted molar refractivity (Wildman–Crippen MR) is 289 cm³/mol. The molecule has 454 valence electrons. The van der Waals surface area contributed by atoms with E-state index in [0.29, 0.717) is 5.69 Å². The number of H-pyrrole nitrogens is 1. The molecule has 1 aromatic rings. The maximum Gasteiger partial charge on any atom is 0.326 e. The van der Waals surface area contributed by atoms with Crippen molar-refractivity contribution in [3.8, 4) is 0 Å². The van der Waals surface area contributed by atoms with E-state index < -0.39 is 157 Å². The molecule has 0 aromatic carbocycles. The second kappa shape index (κ2) is 36.3. The molecule has 0 radical (unpaired) electrons. The van der Waals surface area contributed by atoms with Gasteiger partial charge in [0.2, 0.25) is 47.3 Å². The van der Waals surface area contributed by atoms with E-state index in [1.54, 1.807) is 13.8 Å². The Labute approximate surface area is 465 Å². The average molecular weight is 1150 g/mol. The first-order chi connectivity index (χ1) is 38.0. The number of hydrogen-bond donors (Lipinski definition) is 20. The third kappa shape index (κ3) is 28.0. The highest BCUT2D eigenvalue weighted by Gasteiger charge is 2.36. The van der Waals surface area contributed by atoms with Gasteiger partial charge in [-0.15, -0.1) is 0 Å². The summed E-state index contributed by atoms with van der Waals surface area (Å²) in [6.07, 6.45) is -0.149. The monoisotopic (exact) mass is 1150 g/mol. The number of carboxylic acid groups (broad SMARTS) is 3. The Hall–Kier alpha value is -8.89. The van der Waals surface area contributed by atoms with Crippen LogP contribution in [-0.4, -0.2) is 194 Å². The number of imidazole rings is 1. The number of rotatable bonds is 39. The van der Waals surface area contributed by atoms with E-state index in [0.717, 1.165) is 0 Å². The average Bonchev–Trinajstić information content (AvgIpc) is 3.89. The molecule has 0 unspecified atom stereocenters. The van der Waals surface area contributed by atoms with E-state index in [1.807, 2.05) is 0 Å². The molecule has 8 amide bonds. The predicted octanol–water partition coefficient (Wildman–Crippen LogP) is -7.95. The van der Waals surface area contributed by atoms with Crippen LogP contribution in [0.15, 0.2) is 27.5 Å². The summed E-state index contributed by atoms with van der Waals surface area (Å²) in [5.74, 6) is -14.6. The number of nitrogens with zero attached hydrogens (tertiary/aromatic N) is 4. The van der Waals surface area contributed by atoms with Crippen molar-refractivity contribution >= 4 is 83.0 Å². The molecule has 0 spiro atoms. The number of nitrogens with two attached hydrogens (primary N) is 7. The number of aliphatic hydroxyl groups excluding tert-OH is 1. The molecule has 0 saturated heterocycles. The molecule has 0 aliphatic heterocycles. The number of aliphatic carboxylic acids is 3. The number of nitrogens with one attached hydrogen (secondary N) is 9. The Morgan fingerprint density at radius 1 is 0.506 bits per heavy atom. The van der Waals surface area contributed by atoms with Gasteiger partial charge in [-0.2, -0.15) is 0 Å². The Kier molecular flexibility index (Phi) is 31.4. The van der Waals surface area contributed by atoms with Crippen LogP contribution in [0.4, 0.5) is 0 Å². The minimum absolute atomic E-state index is 0.0227. The van der Waals surface area contributed by atoms with E-state index >= 15 is 0 Å². The number of amides is 8. The van der Waals surface area contributed by atoms with E-state index in [2.05, 4.69) is 67.5 Å². The van der Waals surface area contributed by atoms with E-state index in [9.17, 15) is 68.1 Å². The van der Waals surface area contributed by atoms with Crippen molar-refractivity contribution in [2.45, 2.75) is 146 Å². The lowest BCUT2D eigenvalue weighted by molar-refractivity contribution is -0.142.